The first-order valence-corrected chi connectivity index (χ1v) is 8.47. The first-order chi connectivity index (χ1) is 10.0. The summed E-state index contributed by atoms with van der Waals surface area (Å²) in [6.07, 6.45) is -0.564. The number of benzene rings is 1. The van der Waals surface area contributed by atoms with Crippen LogP contribution in [0, 0.1) is 0 Å². The number of sulfonamides is 1. The maximum Gasteiger partial charge on any atom is 0.407 e. The third-order valence-corrected chi connectivity index (χ3v) is 4.58. The Balaban J connectivity index is 2.64. The molecule has 1 amide bonds. The molecule has 0 unspecified atom stereocenters. The summed E-state index contributed by atoms with van der Waals surface area (Å²) in [5, 5.41) is 2.62. The van der Waals surface area contributed by atoms with Crippen LogP contribution in [-0.2, 0) is 14.8 Å². The number of hydrogen-bond acceptors (Lipinski definition) is 4. The number of likely N-dealkylation sites (N-methyl/N-ethyl adjacent to an activating group) is 1. The molecule has 0 bridgehead atoms. The lowest BCUT2D eigenvalue weighted by Gasteiger charge is -2.24. The fourth-order valence-corrected chi connectivity index (χ4v) is 3.09. The summed E-state index contributed by atoms with van der Waals surface area (Å²) in [7, 11) is -2.08. The van der Waals surface area contributed by atoms with E-state index in [9.17, 15) is 13.2 Å². The lowest BCUT2D eigenvalue weighted by atomic mass is 10.2. The molecule has 0 fully saturated rings. The van der Waals surface area contributed by atoms with Crippen molar-refractivity contribution in [2.45, 2.75) is 44.2 Å². The second kappa shape index (κ2) is 7.11. The minimum Gasteiger partial charge on any atom is -0.444 e. The van der Waals surface area contributed by atoms with Crippen molar-refractivity contribution in [3.05, 3.63) is 30.3 Å². The molecule has 0 saturated heterocycles. The van der Waals surface area contributed by atoms with E-state index in [1.807, 2.05) is 0 Å². The first-order valence-electron chi connectivity index (χ1n) is 7.03. The monoisotopic (exact) mass is 328 g/mol. The van der Waals surface area contributed by atoms with Crippen LogP contribution in [-0.4, -0.2) is 44.1 Å². The topological polar surface area (TPSA) is 75.7 Å². The van der Waals surface area contributed by atoms with Crippen LogP contribution in [0.5, 0.6) is 0 Å². The van der Waals surface area contributed by atoms with Gasteiger partial charge < -0.3 is 10.1 Å². The molecule has 1 N–H and O–H groups in total. The molecule has 0 saturated carbocycles. The second-order valence-electron chi connectivity index (χ2n) is 6.15. The predicted molar refractivity (Wildman–Crippen MR) is 85.1 cm³/mol. The highest BCUT2D eigenvalue weighted by Crippen LogP contribution is 2.14. The number of amides is 1. The zero-order chi connectivity index (χ0) is 17.0. The third-order valence-electron chi connectivity index (χ3n) is 2.75. The molecule has 0 aromatic heterocycles. The molecule has 1 aromatic carbocycles. The molecule has 0 aliphatic carbocycles. The van der Waals surface area contributed by atoms with Gasteiger partial charge in [-0.15, -0.1) is 0 Å². The molecular weight excluding hydrogens is 304 g/mol. The number of carbonyl (C=O) groups is 1. The average molecular weight is 328 g/mol. The molecule has 1 rings (SSSR count). The van der Waals surface area contributed by atoms with Gasteiger partial charge in [0.1, 0.15) is 5.60 Å². The number of rotatable bonds is 5. The van der Waals surface area contributed by atoms with Gasteiger partial charge in [-0.2, -0.15) is 4.31 Å². The average Bonchev–Trinajstić information content (AvgIpc) is 2.36. The third kappa shape index (κ3) is 5.65. The highest BCUT2D eigenvalue weighted by Gasteiger charge is 2.24. The van der Waals surface area contributed by atoms with Gasteiger partial charge in [-0.05, 0) is 39.8 Å². The van der Waals surface area contributed by atoms with Gasteiger partial charge in [-0.25, -0.2) is 13.2 Å². The molecule has 6 nitrogen and oxygen atoms in total. The fourth-order valence-electron chi connectivity index (χ4n) is 1.81. The maximum atomic E-state index is 12.4. The first kappa shape index (κ1) is 18.4. The normalized spacial score (nSPS) is 13.7. The molecule has 7 heteroatoms. The van der Waals surface area contributed by atoms with Gasteiger partial charge >= 0.3 is 6.09 Å². The summed E-state index contributed by atoms with van der Waals surface area (Å²) in [5.74, 6) is 0. The van der Waals surface area contributed by atoms with Crippen molar-refractivity contribution in [3.8, 4) is 0 Å². The maximum absolute atomic E-state index is 12.4. The Morgan fingerprint density at radius 1 is 1.27 bits per heavy atom. The van der Waals surface area contributed by atoms with Gasteiger partial charge in [0.15, 0.2) is 0 Å². The number of hydrogen-bond donors (Lipinski definition) is 1. The molecule has 0 heterocycles. The molecule has 1 aromatic rings. The van der Waals surface area contributed by atoms with Crippen molar-refractivity contribution in [1.82, 2.24) is 9.62 Å². The highest BCUT2D eigenvalue weighted by molar-refractivity contribution is 7.89. The van der Waals surface area contributed by atoms with E-state index in [-0.39, 0.29) is 17.5 Å². The largest absolute Gasteiger partial charge is 0.444 e. The van der Waals surface area contributed by atoms with Gasteiger partial charge in [-0.3, -0.25) is 0 Å². The lowest BCUT2D eigenvalue weighted by molar-refractivity contribution is 0.0504. The van der Waals surface area contributed by atoms with E-state index in [1.54, 1.807) is 45.9 Å². The summed E-state index contributed by atoms with van der Waals surface area (Å²) < 4.78 is 31.1. The quantitative estimate of drug-likeness (QED) is 0.899. The molecule has 0 radical (unpaired) electrons. The number of ether oxygens (including phenoxy) is 1. The van der Waals surface area contributed by atoms with Crippen LogP contribution in [0.25, 0.3) is 0 Å². The molecule has 22 heavy (non-hydrogen) atoms. The van der Waals surface area contributed by atoms with E-state index in [1.165, 1.54) is 23.5 Å². The van der Waals surface area contributed by atoms with Crippen LogP contribution < -0.4 is 5.32 Å². The predicted octanol–water partition coefficient (Wildman–Crippen LogP) is 2.22. The van der Waals surface area contributed by atoms with Crippen LogP contribution in [0.4, 0.5) is 4.79 Å². The van der Waals surface area contributed by atoms with E-state index >= 15 is 0 Å². The lowest BCUT2D eigenvalue weighted by Crippen LogP contribution is -2.44. The number of alkyl carbamates (subject to hydrolysis) is 1. The Labute approximate surface area is 132 Å². The van der Waals surface area contributed by atoms with Crippen LogP contribution in [0.2, 0.25) is 0 Å². The van der Waals surface area contributed by atoms with E-state index in [0.29, 0.717) is 0 Å². The Morgan fingerprint density at radius 2 is 1.82 bits per heavy atom. The van der Waals surface area contributed by atoms with Gasteiger partial charge in [-0.1, -0.05) is 18.2 Å². The zero-order valence-electron chi connectivity index (χ0n) is 13.7. The van der Waals surface area contributed by atoms with E-state index in [4.69, 9.17) is 4.74 Å². The van der Waals surface area contributed by atoms with Crippen molar-refractivity contribution in [1.29, 1.82) is 0 Å². The molecule has 0 aliphatic rings. The van der Waals surface area contributed by atoms with Crippen LogP contribution in [0.15, 0.2) is 35.2 Å². The zero-order valence-corrected chi connectivity index (χ0v) is 14.5. The molecule has 124 valence electrons. The summed E-state index contributed by atoms with van der Waals surface area (Å²) in [4.78, 5) is 11.9. The molecule has 1 atom stereocenters. The Hall–Kier alpha value is -1.60. The second-order valence-corrected chi connectivity index (χ2v) is 8.19. The minimum absolute atomic E-state index is 0.149. The van der Waals surface area contributed by atoms with Gasteiger partial charge in [0.25, 0.3) is 0 Å². The van der Waals surface area contributed by atoms with E-state index in [0.717, 1.165) is 0 Å². The van der Waals surface area contributed by atoms with Crippen molar-refractivity contribution in [2.75, 3.05) is 13.6 Å². The van der Waals surface area contributed by atoms with E-state index < -0.39 is 21.7 Å². The Morgan fingerprint density at radius 3 is 2.32 bits per heavy atom. The Bertz CT molecular complexity index is 594. The molecule has 0 spiro atoms. The van der Waals surface area contributed by atoms with Crippen LogP contribution in [0.1, 0.15) is 27.7 Å². The summed E-state index contributed by atoms with van der Waals surface area (Å²) >= 11 is 0. The number of nitrogens with one attached hydrogen (secondary N) is 1. The summed E-state index contributed by atoms with van der Waals surface area (Å²) in [6.45, 7) is 7.17. The standard InChI is InChI=1S/C15H24N2O4S/c1-12(16-14(18)21-15(2,3)4)11-17(5)22(19,20)13-9-7-6-8-10-13/h6-10,12H,11H2,1-5H3,(H,16,18)/t12-/m0/s1. The Kier molecular flexibility index (Phi) is 5.96. The SMILES string of the molecule is C[C@@H](CN(C)S(=O)(=O)c1ccccc1)NC(=O)OC(C)(C)C. The highest BCUT2D eigenvalue weighted by atomic mass is 32.2. The number of nitrogens with zero attached hydrogens (tertiary/aromatic N) is 1. The van der Waals surface area contributed by atoms with Gasteiger partial charge in [0.2, 0.25) is 10.0 Å². The smallest absolute Gasteiger partial charge is 0.407 e. The summed E-state index contributed by atoms with van der Waals surface area (Å²) in [5.41, 5.74) is -0.591. The minimum atomic E-state index is -3.56. The number of carbonyl (C=O) groups excluding carboxylic acids is 1. The molecule has 0 aliphatic heterocycles. The van der Waals surface area contributed by atoms with Crippen molar-refractivity contribution in [3.63, 3.8) is 0 Å². The van der Waals surface area contributed by atoms with Crippen molar-refractivity contribution < 1.29 is 17.9 Å². The van der Waals surface area contributed by atoms with Crippen molar-refractivity contribution >= 4 is 16.1 Å². The van der Waals surface area contributed by atoms with Gasteiger partial charge in [0.05, 0.1) is 4.90 Å². The van der Waals surface area contributed by atoms with E-state index in [2.05, 4.69) is 5.32 Å². The van der Waals surface area contributed by atoms with Gasteiger partial charge in [0, 0.05) is 19.6 Å². The molecular formula is C15H24N2O4S. The summed E-state index contributed by atoms with van der Waals surface area (Å²) in [6, 6.07) is 7.80. The fraction of sp³-hybridized carbons (Fsp3) is 0.533. The van der Waals surface area contributed by atoms with Crippen LogP contribution in [0.3, 0.4) is 0 Å². The van der Waals surface area contributed by atoms with Crippen LogP contribution >= 0.6 is 0 Å². The van der Waals surface area contributed by atoms with Crippen molar-refractivity contribution in [2.24, 2.45) is 0 Å².